The topological polar surface area (TPSA) is 87.7 Å². The fraction of sp³-hybridized carbons (Fsp3) is 0.364. The van der Waals surface area contributed by atoms with Gasteiger partial charge in [-0.15, -0.1) is 0 Å². The second kappa shape index (κ2) is 8.34. The van der Waals surface area contributed by atoms with Crippen molar-refractivity contribution in [3.8, 4) is 16.9 Å². The normalized spacial score (nSPS) is 16.6. The van der Waals surface area contributed by atoms with E-state index in [0.29, 0.717) is 35.4 Å². The number of aromatic amines is 1. The van der Waals surface area contributed by atoms with Gasteiger partial charge in [0, 0.05) is 31.2 Å². The first-order valence-electron chi connectivity index (χ1n) is 9.98. The predicted molar refractivity (Wildman–Crippen MR) is 112 cm³/mol. The van der Waals surface area contributed by atoms with Gasteiger partial charge in [-0.05, 0) is 30.2 Å². The Morgan fingerprint density at radius 2 is 2.09 bits per heavy atom. The zero-order valence-corrected chi connectivity index (χ0v) is 17.5. The maximum atomic E-state index is 13.6. The number of hydrogen-bond acceptors (Lipinski definition) is 6. The van der Waals surface area contributed by atoms with Crippen LogP contribution in [0.2, 0.25) is 0 Å². The molecule has 1 saturated heterocycles. The van der Waals surface area contributed by atoms with Crippen LogP contribution in [0.3, 0.4) is 0 Å². The first-order valence-corrected chi connectivity index (χ1v) is 9.98. The summed E-state index contributed by atoms with van der Waals surface area (Å²) in [5.74, 6) is -0.825. The van der Waals surface area contributed by atoms with Gasteiger partial charge in [0.1, 0.15) is 11.3 Å². The molecule has 7 nitrogen and oxygen atoms in total. The van der Waals surface area contributed by atoms with E-state index in [2.05, 4.69) is 9.97 Å². The lowest BCUT2D eigenvalue weighted by Gasteiger charge is -2.23. The highest BCUT2D eigenvalue weighted by Gasteiger charge is 2.35. The van der Waals surface area contributed by atoms with Crippen LogP contribution in [0.5, 0.6) is 5.75 Å². The molecule has 4 rings (SSSR count). The Hall–Kier alpha value is -3.27. The summed E-state index contributed by atoms with van der Waals surface area (Å²) in [5, 5.41) is 9.53. The summed E-state index contributed by atoms with van der Waals surface area (Å²) in [5.41, 5.74) is 1.32. The molecule has 0 radical (unpaired) electrons. The van der Waals surface area contributed by atoms with E-state index in [1.165, 1.54) is 32.7 Å². The number of imidazole rings is 1. The minimum Gasteiger partial charge on any atom is -0.496 e. The molecular formula is C22H22F3N3O4. The molecule has 1 aliphatic rings. The Morgan fingerprint density at radius 3 is 2.72 bits per heavy atom. The van der Waals surface area contributed by atoms with Crippen LogP contribution in [-0.4, -0.2) is 55.0 Å². The SMILES string of the molecule is COC(=O)c1c(N2CC[C@H](CO)C2)cc(-c2ccc(OC)c(C(F)(F)F)c2)c2nc[nH]c12. The molecule has 0 saturated carbocycles. The second-order valence-corrected chi connectivity index (χ2v) is 7.63. The van der Waals surface area contributed by atoms with Crippen molar-refractivity contribution in [2.24, 2.45) is 5.92 Å². The number of benzene rings is 2. The fourth-order valence-electron chi connectivity index (χ4n) is 4.17. The molecule has 2 heterocycles. The quantitative estimate of drug-likeness (QED) is 0.575. The Balaban J connectivity index is 1.96. The third-order valence-electron chi connectivity index (χ3n) is 5.77. The van der Waals surface area contributed by atoms with Crippen molar-refractivity contribution in [1.29, 1.82) is 0 Å². The minimum atomic E-state index is -4.61. The highest BCUT2D eigenvalue weighted by atomic mass is 19.4. The molecular weight excluding hydrogens is 427 g/mol. The number of rotatable bonds is 5. The molecule has 32 heavy (non-hydrogen) atoms. The van der Waals surface area contributed by atoms with Crippen molar-refractivity contribution >= 4 is 22.7 Å². The molecule has 0 aliphatic carbocycles. The summed E-state index contributed by atoms with van der Waals surface area (Å²) in [6.07, 6.45) is -2.49. The van der Waals surface area contributed by atoms with Gasteiger partial charge in [0.25, 0.3) is 0 Å². The summed E-state index contributed by atoms with van der Waals surface area (Å²) >= 11 is 0. The molecule has 2 aromatic carbocycles. The van der Waals surface area contributed by atoms with Crippen molar-refractivity contribution in [1.82, 2.24) is 9.97 Å². The highest BCUT2D eigenvalue weighted by Crippen LogP contribution is 2.42. The first-order chi connectivity index (χ1) is 15.3. The largest absolute Gasteiger partial charge is 0.496 e. The number of aliphatic hydroxyl groups is 1. The van der Waals surface area contributed by atoms with Gasteiger partial charge in [-0.25, -0.2) is 9.78 Å². The third kappa shape index (κ3) is 3.75. The number of carbonyl (C=O) groups excluding carboxylic acids is 1. The van der Waals surface area contributed by atoms with Gasteiger partial charge in [-0.2, -0.15) is 13.2 Å². The van der Waals surface area contributed by atoms with Crippen molar-refractivity contribution in [2.75, 3.05) is 38.8 Å². The summed E-state index contributed by atoms with van der Waals surface area (Å²) < 4.78 is 50.7. The van der Waals surface area contributed by atoms with E-state index in [0.717, 1.165) is 12.5 Å². The predicted octanol–water partition coefficient (Wildman–Crippen LogP) is 3.86. The smallest absolute Gasteiger partial charge is 0.419 e. The number of aliphatic hydroxyl groups excluding tert-OH is 1. The molecule has 1 aromatic heterocycles. The van der Waals surface area contributed by atoms with E-state index in [4.69, 9.17) is 9.47 Å². The average Bonchev–Trinajstić information content (AvgIpc) is 3.46. The molecule has 0 unspecified atom stereocenters. The number of ether oxygens (including phenoxy) is 2. The zero-order valence-electron chi connectivity index (χ0n) is 17.5. The number of anilines is 1. The van der Waals surface area contributed by atoms with E-state index in [1.54, 1.807) is 6.07 Å². The van der Waals surface area contributed by atoms with Crippen LogP contribution in [0, 0.1) is 5.92 Å². The van der Waals surface area contributed by atoms with Crippen LogP contribution in [0.4, 0.5) is 18.9 Å². The van der Waals surface area contributed by atoms with Crippen molar-refractivity contribution < 1.29 is 32.5 Å². The van der Waals surface area contributed by atoms with Crippen molar-refractivity contribution in [2.45, 2.75) is 12.6 Å². The summed E-state index contributed by atoms with van der Waals surface area (Å²) in [4.78, 5) is 21.8. The fourth-order valence-corrected chi connectivity index (χ4v) is 4.17. The van der Waals surface area contributed by atoms with Crippen LogP contribution in [0.1, 0.15) is 22.3 Å². The number of carbonyl (C=O) groups is 1. The second-order valence-electron chi connectivity index (χ2n) is 7.63. The number of aromatic nitrogens is 2. The van der Waals surface area contributed by atoms with Crippen LogP contribution in [0.25, 0.3) is 22.2 Å². The number of hydrogen-bond donors (Lipinski definition) is 2. The van der Waals surface area contributed by atoms with Crippen LogP contribution >= 0.6 is 0 Å². The molecule has 1 atom stereocenters. The molecule has 3 aromatic rings. The van der Waals surface area contributed by atoms with Crippen molar-refractivity contribution in [3.63, 3.8) is 0 Å². The molecule has 1 fully saturated rings. The standard InChI is InChI=1S/C22H22F3N3O4/c1-31-17-4-3-13(7-15(17)22(23,24)25)14-8-16(28-6-5-12(9-28)10-29)18(21(30)32-2)20-19(14)26-11-27-20/h3-4,7-8,11-12,29H,5-6,9-10H2,1-2H3,(H,26,27)/t12-/m0/s1. The molecule has 10 heteroatoms. The number of nitrogens with zero attached hydrogens (tertiary/aromatic N) is 2. The Kier molecular flexibility index (Phi) is 5.72. The van der Waals surface area contributed by atoms with E-state index in [9.17, 15) is 23.1 Å². The van der Waals surface area contributed by atoms with E-state index >= 15 is 0 Å². The minimum absolute atomic E-state index is 0.0106. The van der Waals surface area contributed by atoms with Gasteiger partial charge in [0.2, 0.25) is 0 Å². The first kappa shape index (κ1) is 21.9. The van der Waals surface area contributed by atoms with Crippen LogP contribution < -0.4 is 9.64 Å². The number of esters is 1. The Labute approximate surface area is 181 Å². The lowest BCUT2D eigenvalue weighted by Crippen LogP contribution is -2.23. The maximum absolute atomic E-state index is 13.6. The number of methoxy groups -OCH3 is 2. The monoisotopic (exact) mass is 449 g/mol. The Morgan fingerprint density at radius 1 is 1.31 bits per heavy atom. The van der Waals surface area contributed by atoms with Gasteiger partial charge in [-0.3, -0.25) is 0 Å². The number of nitrogens with one attached hydrogen (secondary N) is 1. The molecule has 0 bridgehead atoms. The van der Waals surface area contributed by atoms with E-state index in [1.807, 2.05) is 4.90 Å². The van der Waals surface area contributed by atoms with Crippen LogP contribution in [-0.2, 0) is 10.9 Å². The van der Waals surface area contributed by atoms with Crippen molar-refractivity contribution in [3.05, 3.63) is 41.7 Å². The third-order valence-corrected chi connectivity index (χ3v) is 5.77. The Bertz CT molecular complexity index is 1160. The lowest BCUT2D eigenvalue weighted by molar-refractivity contribution is -0.138. The number of halogens is 3. The number of alkyl halides is 3. The van der Waals surface area contributed by atoms with Gasteiger partial charge < -0.3 is 24.5 Å². The van der Waals surface area contributed by atoms with E-state index in [-0.39, 0.29) is 29.4 Å². The highest BCUT2D eigenvalue weighted by molar-refractivity contribution is 6.11. The number of H-pyrrole nitrogens is 1. The van der Waals surface area contributed by atoms with E-state index < -0.39 is 17.7 Å². The summed E-state index contributed by atoms with van der Waals surface area (Å²) in [6, 6.07) is 5.48. The van der Waals surface area contributed by atoms with Gasteiger partial charge >= 0.3 is 12.1 Å². The zero-order chi connectivity index (χ0) is 23.0. The molecule has 170 valence electrons. The average molecular weight is 449 g/mol. The molecule has 1 aliphatic heterocycles. The molecule has 0 spiro atoms. The maximum Gasteiger partial charge on any atom is 0.419 e. The van der Waals surface area contributed by atoms with Gasteiger partial charge in [0.05, 0.1) is 42.8 Å². The molecule has 2 N–H and O–H groups in total. The molecule has 0 amide bonds. The lowest BCUT2D eigenvalue weighted by atomic mass is 9.97. The summed E-state index contributed by atoms with van der Waals surface area (Å²) in [7, 11) is 2.45. The van der Waals surface area contributed by atoms with Gasteiger partial charge in [0.15, 0.2) is 0 Å². The summed E-state index contributed by atoms with van der Waals surface area (Å²) in [6.45, 7) is 1.11. The van der Waals surface area contributed by atoms with Gasteiger partial charge in [-0.1, -0.05) is 6.07 Å². The number of fused-ring (bicyclic) bond motifs is 1. The van der Waals surface area contributed by atoms with Crippen LogP contribution in [0.15, 0.2) is 30.6 Å².